The molecule has 0 spiro atoms. The lowest BCUT2D eigenvalue weighted by molar-refractivity contribution is 0.194. The lowest BCUT2D eigenvalue weighted by atomic mass is 10.1. The fourth-order valence-electron chi connectivity index (χ4n) is 1.97. The van der Waals surface area contributed by atoms with Crippen LogP contribution in [0.4, 0.5) is 0 Å². The lowest BCUT2D eigenvalue weighted by Crippen LogP contribution is -2.17. The van der Waals surface area contributed by atoms with E-state index < -0.39 is 0 Å². The van der Waals surface area contributed by atoms with E-state index in [9.17, 15) is 0 Å². The topological polar surface area (TPSA) is 47.0 Å². The van der Waals surface area contributed by atoms with Gasteiger partial charge in [0.2, 0.25) is 0 Å². The van der Waals surface area contributed by atoms with E-state index in [1.807, 2.05) is 6.20 Å². The normalized spacial score (nSPS) is 15.0. The van der Waals surface area contributed by atoms with E-state index in [0.717, 1.165) is 44.3 Å². The first-order valence-corrected chi connectivity index (χ1v) is 6.89. The van der Waals surface area contributed by atoms with Crippen molar-refractivity contribution < 1.29 is 4.74 Å². The summed E-state index contributed by atoms with van der Waals surface area (Å²) in [6.45, 7) is 3.84. The maximum Gasteiger partial charge on any atom is 0.128 e. The number of ether oxygens (including phenoxy) is 1. The van der Waals surface area contributed by atoms with Gasteiger partial charge in [-0.15, -0.1) is 0 Å². The van der Waals surface area contributed by atoms with E-state index in [-0.39, 0.29) is 0 Å². The summed E-state index contributed by atoms with van der Waals surface area (Å²) in [6, 6.07) is 0.732. The van der Waals surface area contributed by atoms with E-state index >= 15 is 0 Å². The van der Waals surface area contributed by atoms with Gasteiger partial charge < -0.3 is 10.1 Å². The predicted octanol–water partition coefficient (Wildman–Crippen LogP) is 1.87. The number of hydrogen-bond acceptors (Lipinski definition) is 4. The summed E-state index contributed by atoms with van der Waals surface area (Å²) in [4.78, 5) is 9.11. The van der Waals surface area contributed by atoms with Crippen molar-refractivity contribution in [2.24, 2.45) is 0 Å². The quantitative estimate of drug-likeness (QED) is 0.715. The number of nitrogens with zero attached hydrogens (tertiary/aromatic N) is 2. The summed E-state index contributed by atoms with van der Waals surface area (Å²) in [5, 5.41) is 3.52. The molecule has 1 fully saturated rings. The Labute approximate surface area is 109 Å². The summed E-state index contributed by atoms with van der Waals surface area (Å²) >= 11 is 0. The van der Waals surface area contributed by atoms with Gasteiger partial charge in [0.25, 0.3) is 0 Å². The Balaban J connectivity index is 1.92. The summed E-state index contributed by atoms with van der Waals surface area (Å²) in [7, 11) is 1.73. The van der Waals surface area contributed by atoms with E-state index in [2.05, 4.69) is 22.2 Å². The highest BCUT2D eigenvalue weighted by Crippen LogP contribution is 2.19. The van der Waals surface area contributed by atoms with Gasteiger partial charge in [0, 0.05) is 50.2 Å². The van der Waals surface area contributed by atoms with E-state index in [1.54, 1.807) is 7.11 Å². The van der Waals surface area contributed by atoms with Crippen molar-refractivity contribution in [3.05, 3.63) is 23.3 Å². The van der Waals surface area contributed by atoms with Crippen LogP contribution in [0.25, 0.3) is 0 Å². The van der Waals surface area contributed by atoms with Crippen LogP contribution in [0.5, 0.6) is 0 Å². The van der Waals surface area contributed by atoms with E-state index in [1.165, 1.54) is 24.1 Å². The first-order chi connectivity index (χ1) is 8.83. The number of methoxy groups -OCH3 is 1. The monoisotopic (exact) mass is 249 g/mol. The highest BCUT2D eigenvalue weighted by molar-refractivity contribution is 5.18. The minimum absolute atomic E-state index is 0.732. The summed E-state index contributed by atoms with van der Waals surface area (Å²) in [5.74, 6) is 0.944. The molecular formula is C14H23N3O. The first-order valence-electron chi connectivity index (χ1n) is 6.89. The molecule has 1 heterocycles. The largest absolute Gasteiger partial charge is 0.385 e. The molecular weight excluding hydrogens is 226 g/mol. The van der Waals surface area contributed by atoms with Crippen molar-refractivity contribution in [1.82, 2.24) is 15.3 Å². The smallest absolute Gasteiger partial charge is 0.128 e. The molecule has 0 saturated heterocycles. The molecule has 4 heteroatoms. The molecule has 1 aliphatic rings. The average Bonchev–Trinajstić information content (AvgIpc) is 3.21. The number of hydrogen-bond donors (Lipinski definition) is 1. The number of aryl methyl sites for hydroxylation is 2. The minimum atomic E-state index is 0.732. The van der Waals surface area contributed by atoms with Crippen LogP contribution in [0.2, 0.25) is 0 Å². The van der Waals surface area contributed by atoms with Crippen molar-refractivity contribution in [3.8, 4) is 0 Å². The molecule has 18 heavy (non-hydrogen) atoms. The summed E-state index contributed by atoms with van der Waals surface area (Å²) < 4.78 is 5.05. The Bertz CT molecular complexity index is 377. The third-order valence-electron chi connectivity index (χ3n) is 3.25. The molecule has 0 unspecified atom stereocenters. The molecule has 0 bridgehead atoms. The van der Waals surface area contributed by atoms with Crippen LogP contribution in [0.3, 0.4) is 0 Å². The highest BCUT2D eigenvalue weighted by Gasteiger charge is 2.20. The van der Waals surface area contributed by atoms with Gasteiger partial charge in [0.05, 0.1) is 0 Å². The third-order valence-corrected chi connectivity index (χ3v) is 3.25. The van der Waals surface area contributed by atoms with Crippen LogP contribution in [0.15, 0.2) is 6.20 Å². The van der Waals surface area contributed by atoms with Gasteiger partial charge in [-0.3, -0.25) is 0 Å². The number of nitrogens with one attached hydrogen (secondary N) is 1. The molecule has 1 aromatic rings. The van der Waals surface area contributed by atoms with Crippen LogP contribution in [0, 0.1) is 0 Å². The van der Waals surface area contributed by atoms with Crippen molar-refractivity contribution in [2.75, 3.05) is 13.7 Å². The number of aromatic nitrogens is 2. The van der Waals surface area contributed by atoms with Crippen molar-refractivity contribution in [3.63, 3.8) is 0 Å². The zero-order valence-corrected chi connectivity index (χ0v) is 11.4. The standard InChI is InChI=1S/C14H23N3O/c1-3-13-11(9-15-12-6-7-12)10-16-14(17-13)5-4-8-18-2/h10,12,15H,3-9H2,1-2H3. The van der Waals surface area contributed by atoms with Crippen molar-refractivity contribution >= 4 is 0 Å². The zero-order valence-electron chi connectivity index (χ0n) is 11.4. The Morgan fingerprint density at radius 3 is 2.94 bits per heavy atom. The lowest BCUT2D eigenvalue weighted by Gasteiger charge is -2.09. The Hall–Kier alpha value is -1.00. The Morgan fingerprint density at radius 1 is 1.44 bits per heavy atom. The maximum absolute atomic E-state index is 5.05. The third kappa shape index (κ3) is 4.03. The molecule has 0 amide bonds. The molecule has 1 N–H and O–H groups in total. The van der Waals surface area contributed by atoms with Gasteiger partial charge in [-0.05, 0) is 25.7 Å². The average molecular weight is 249 g/mol. The van der Waals surface area contributed by atoms with Gasteiger partial charge in [-0.1, -0.05) is 6.92 Å². The second-order valence-corrected chi connectivity index (χ2v) is 4.86. The maximum atomic E-state index is 5.05. The fraction of sp³-hybridized carbons (Fsp3) is 0.714. The van der Waals surface area contributed by atoms with Crippen molar-refractivity contribution in [1.29, 1.82) is 0 Å². The zero-order chi connectivity index (χ0) is 12.8. The molecule has 1 aliphatic carbocycles. The fourth-order valence-corrected chi connectivity index (χ4v) is 1.97. The Kier molecular flexibility index (Phi) is 5.08. The second kappa shape index (κ2) is 6.81. The summed E-state index contributed by atoms with van der Waals surface area (Å²) in [5.41, 5.74) is 2.44. The molecule has 100 valence electrons. The minimum Gasteiger partial charge on any atom is -0.385 e. The second-order valence-electron chi connectivity index (χ2n) is 4.86. The van der Waals surface area contributed by atoms with E-state index in [4.69, 9.17) is 4.74 Å². The molecule has 1 aromatic heterocycles. The van der Waals surface area contributed by atoms with Gasteiger partial charge in [-0.2, -0.15) is 0 Å². The van der Waals surface area contributed by atoms with Crippen LogP contribution in [0.1, 0.15) is 43.3 Å². The first kappa shape index (κ1) is 13.4. The van der Waals surface area contributed by atoms with Gasteiger partial charge >= 0.3 is 0 Å². The molecule has 1 saturated carbocycles. The molecule has 4 nitrogen and oxygen atoms in total. The molecule has 0 aliphatic heterocycles. The van der Waals surface area contributed by atoms with Gasteiger partial charge in [0.1, 0.15) is 5.82 Å². The molecule has 0 atom stereocenters. The summed E-state index contributed by atoms with van der Waals surface area (Å²) in [6.07, 6.45) is 7.48. The molecule has 0 aromatic carbocycles. The highest BCUT2D eigenvalue weighted by atomic mass is 16.5. The van der Waals surface area contributed by atoms with Gasteiger partial charge in [0.15, 0.2) is 0 Å². The SMILES string of the molecule is CCc1nc(CCCOC)ncc1CNC1CC1. The Morgan fingerprint density at radius 2 is 2.28 bits per heavy atom. The van der Waals surface area contributed by atoms with E-state index in [0.29, 0.717) is 0 Å². The predicted molar refractivity (Wildman–Crippen MR) is 71.5 cm³/mol. The molecule has 2 rings (SSSR count). The van der Waals surface area contributed by atoms with Crippen molar-refractivity contribution in [2.45, 2.75) is 51.6 Å². The molecule has 0 radical (unpaired) electrons. The van der Waals surface area contributed by atoms with Gasteiger partial charge in [-0.25, -0.2) is 9.97 Å². The van der Waals surface area contributed by atoms with Crippen LogP contribution >= 0.6 is 0 Å². The van der Waals surface area contributed by atoms with Crippen LogP contribution in [-0.4, -0.2) is 29.7 Å². The number of rotatable bonds is 8. The van der Waals surface area contributed by atoms with Crippen LogP contribution in [-0.2, 0) is 24.1 Å². The van der Waals surface area contributed by atoms with Crippen LogP contribution < -0.4 is 5.32 Å².